The van der Waals surface area contributed by atoms with Crippen molar-refractivity contribution in [3.05, 3.63) is 56.5 Å². The van der Waals surface area contributed by atoms with Gasteiger partial charge < -0.3 is 19.5 Å². The number of methoxy groups -OCH3 is 2. The average molecular weight is 419 g/mol. The molecule has 2 aromatic carbocycles. The van der Waals surface area contributed by atoms with Gasteiger partial charge in [0.2, 0.25) is 0 Å². The second-order valence-electron chi connectivity index (χ2n) is 5.67. The topological polar surface area (TPSA) is 39.7 Å². The van der Waals surface area contributed by atoms with Crippen molar-refractivity contribution in [1.82, 2.24) is 5.32 Å². The van der Waals surface area contributed by atoms with Gasteiger partial charge in [0, 0.05) is 20.3 Å². The third-order valence-corrected chi connectivity index (χ3v) is 4.71. The van der Waals surface area contributed by atoms with E-state index >= 15 is 0 Å². The fraction of sp³-hybridized carbons (Fsp3) is 0.368. The lowest BCUT2D eigenvalue weighted by molar-refractivity contribution is 0.194. The number of halogens is 3. The summed E-state index contributed by atoms with van der Waals surface area (Å²) in [5, 5.41) is 4.83. The molecule has 0 amide bonds. The van der Waals surface area contributed by atoms with Gasteiger partial charge in [-0.05, 0) is 48.4 Å². The maximum atomic E-state index is 6.40. The SMILES string of the molecule is COCCCNCc1cc(Cl)c(OCc2ccc(Cl)c(Cl)c2)c(OC)c1. The molecule has 142 valence electrons. The Balaban J connectivity index is 2.02. The quantitative estimate of drug-likeness (QED) is 0.527. The highest BCUT2D eigenvalue weighted by atomic mass is 35.5. The molecule has 0 fully saturated rings. The van der Waals surface area contributed by atoms with Gasteiger partial charge in [-0.15, -0.1) is 0 Å². The van der Waals surface area contributed by atoms with E-state index in [2.05, 4.69) is 5.32 Å². The zero-order valence-corrected chi connectivity index (χ0v) is 17.0. The number of hydrogen-bond donors (Lipinski definition) is 1. The van der Waals surface area contributed by atoms with E-state index in [1.165, 1.54) is 0 Å². The summed E-state index contributed by atoms with van der Waals surface area (Å²) >= 11 is 18.4. The van der Waals surface area contributed by atoms with Crippen LogP contribution in [0.15, 0.2) is 30.3 Å². The van der Waals surface area contributed by atoms with E-state index in [0.717, 1.165) is 30.7 Å². The van der Waals surface area contributed by atoms with E-state index in [0.29, 0.717) is 39.7 Å². The Morgan fingerprint density at radius 1 is 0.923 bits per heavy atom. The van der Waals surface area contributed by atoms with Gasteiger partial charge in [0.25, 0.3) is 0 Å². The van der Waals surface area contributed by atoms with Gasteiger partial charge in [0.05, 0.1) is 22.2 Å². The maximum absolute atomic E-state index is 6.40. The standard InChI is InChI=1S/C19H22Cl3NO3/c1-24-7-3-6-23-11-14-9-17(22)19(18(10-14)25-2)26-12-13-4-5-15(20)16(21)8-13/h4-5,8-10,23H,3,6-7,11-12H2,1-2H3. The van der Waals surface area contributed by atoms with Crippen molar-refractivity contribution in [2.75, 3.05) is 27.4 Å². The summed E-state index contributed by atoms with van der Waals surface area (Å²) in [6.45, 7) is 2.59. The van der Waals surface area contributed by atoms with E-state index in [1.54, 1.807) is 26.4 Å². The number of ether oxygens (including phenoxy) is 3. The van der Waals surface area contributed by atoms with Crippen molar-refractivity contribution in [2.24, 2.45) is 0 Å². The van der Waals surface area contributed by atoms with Crippen LogP contribution < -0.4 is 14.8 Å². The zero-order chi connectivity index (χ0) is 18.9. The Kier molecular flexibility index (Phi) is 8.82. The van der Waals surface area contributed by atoms with Crippen LogP contribution in [0.1, 0.15) is 17.5 Å². The summed E-state index contributed by atoms with van der Waals surface area (Å²) < 4.78 is 16.3. The molecule has 2 aromatic rings. The fourth-order valence-electron chi connectivity index (χ4n) is 2.37. The molecule has 26 heavy (non-hydrogen) atoms. The number of rotatable bonds is 10. The minimum atomic E-state index is 0.307. The van der Waals surface area contributed by atoms with E-state index in [1.807, 2.05) is 18.2 Å². The van der Waals surface area contributed by atoms with Gasteiger partial charge in [-0.3, -0.25) is 0 Å². The number of nitrogens with one attached hydrogen (secondary N) is 1. The Labute approximate surface area is 169 Å². The summed E-state index contributed by atoms with van der Waals surface area (Å²) in [6.07, 6.45) is 0.951. The second kappa shape index (κ2) is 10.9. The first kappa shape index (κ1) is 21.1. The van der Waals surface area contributed by atoms with Crippen LogP contribution in [-0.4, -0.2) is 27.4 Å². The zero-order valence-electron chi connectivity index (χ0n) is 14.8. The molecule has 0 aliphatic heterocycles. The molecular weight excluding hydrogens is 397 g/mol. The van der Waals surface area contributed by atoms with E-state index < -0.39 is 0 Å². The van der Waals surface area contributed by atoms with Crippen LogP contribution in [0.2, 0.25) is 15.1 Å². The fourth-order valence-corrected chi connectivity index (χ4v) is 2.98. The molecule has 1 N–H and O–H groups in total. The van der Waals surface area contributed by atoms with Crippen molar-refractivity contribution in [2.45, 2.75) is 19.6 Å². The Hall–Kier alpha value is -1.17. The lowest BCUT2D eigenvalue weighted by Crippen LogP contribution is -2.16. The van der Waals surface area contributed by atoms with Gasteiger partial charge in [0.15, 0.2) is 11.5 Å². The highest BCUT2D eigenvalue weighted by Gasteiger charge is 2.13. The van der Waals surface area contributed by atoms with E-state index in [9.17, 15) is 0 Å². The maximum Gasteiger partial charge on any atom is 0.180 e. The van der Waals surface area contributed by atoms with Gasteiger partial charge >= 0.3 is 0 Å². The highest BCUT2D eigenvalue weighted by Crippen LogP contribution is 2.37. The van der Waals surface area contributed by atoms with Crippen LogP contribution in [0.25, 0.3) is 0 Å². The lowest BCUT2D eigenvalue weighted by atomic mass is 10.2. The largest absolute Gasteiger partial charge is 0.493 e. The van der Waals surface area contributed by atoms with Crippen LogP contribution in [0.3, 0.4) is 0 Å². The van der Waals surface area contributed by atoms with Crippen LogP contribution >= 0.6 is 34.8 Å². The van der Waals surface area contributed by atoms with Crippen molar-refractivity contribution in [3.63, 3.8) is 0 Å². The molecule has 0 unspecified atom stereocenters. The molecule has 4 nitrogen and oxygen atoms in total. The minimum Gasteiger partial charge on any atom is -0.493 e. The molecule has 0 aliphatic rings. The Bertz CT molecular complexity index is 725. The first-order valence-electron chi connectivity index (χ1n) is 8.18. The van der Waals surface area contributed by atoms with E-state index in [-0.39, 0.29) is 0 Å². The second-order valence-corrected chi connectivity index (χ2v) is 6.89. The van der Waals surface area contributed by atoms with Crippen molar-refractivity contribution < 1.29 is 14.2 Å². The summed E-state index contributed by atoms with van der Waals surface area (Å²) in [5.41, 5.74) is 1.91. The summed E-state index contributed by atoms with van der Waals surface area (Å²) in [6, 6.07) is 9.15. The Morgan fingerprint density at radius 3 is 2.38 bits per heavy atom. The predicted molar refractivity (Wildman–Crippen MR) is 107 cm³/mol. The molecular formula is C19H22Cl3NO3. The van der Waals surface area contributed by atoms with Gasteiger partial charge in [-0.1, -0.05) is 40.9 Å². The number of hydrogen-bond acceptors (Lipinski definition) is 4. The predicted octanol–water partition coefficient (Wildman–Crippen LogP) is 5.36. The normalized spacial score (nSPS) is 10.8. The lowest BCUT2D eigenvalue weighted by Gasteiger charge is -2.15. The first-order chi connectivity index (χ1) is 12.5. The van der Waals surface area contributed by atoms with Crippen molar-refractivity contribution in [3.8, 4) is 11.5 Å². The molecule has 0 bridgehead atoms. The molecule has 2 rings (SSSR count). The average Bonchev–Trinajstić information content (AvgIpc) is 2.63. The molecule has 0 saturated carbocycles. The smallest absolute Gasteiger partial charge is 0.180 e. The van der Waals surface area contributed by atoms with Crippen LogP contribution in [0, 0.1) is 0 Å². The molecule has 0 aromatic heterocycles. The monoisotopic (exact) mass is 417 g/mol. The van der Waals surface area contributed by atoms with Crippen molar-refractivity contribution in [1.29, 1.82) is 0 Å². The molecule has 0 radical (unpaired) electrons. The highest BCUT2D eigenvalue weighted by molar-refractivity contribution is 6.42. The number of benzene rings is 2. The third-order valence-electron chi connectivity index (χ3n) is 3.69. The Morgan fingerprint density at radius 2 is 1.69 bits per heavy atom. The van der Waals surface area contributed by atoms with Crippen LogP contribution in [0.5, 0.6) is 11.5 Å². The van der Waals surface area contributed by atoms with Gasteiger partial charge in [0.1, 0.15) is 6.61 Å². The first-order valence-corrected chi connectivity index (χ1v) is 9.31. The molecule has 0 heterocycles. The summed E-state index contributed by atoms with van der Waals surface area (Å²) in [7, 11) is 3.29. The summed E-state index contributed by atoms with van der Waals surface area (Å²) in [4.78, 5) is 0. The van der Waals surface area contributed by atoms with Crippen molar-refractivity contribution >= 4 is 34.8 Å². The minimum absolute atomic E-state index is 0.307. The molecule has 0 spiro atoms. The van der Waals surface area contributed by atoms with E-state index in [4.69, 9.17) is 49.0 Å². The molecule has 0 aliphatic carbocycles. The van der Waals surface area contributed by atoms with Gasteiger partial charge in [-0.25, -0.2) is 0 Å². The molecule has 7 heteroatoms. The summed E-state index contributed by atoms with van der Waals surface area (Å²) in [5.74, 6) is 1.09. The third kappa shape index (κ3) is 6.22. The van der Waals surface area contributed by atoms with Crippen LogP contribution in [-0.2, 0) is 17.9 Å². The molecule has 0 atom stereocenters. The molecule has 0 saturated heterocycles. The van der Waals surface area contributed by atoms with Crippen LogP contribution in [0.4, 0.5) is 0 Å². The van der Waals surface area contributed by atoms with Gasteiger partial charge in [-0.2, -0.15) is 0 Å².